The molecule has 14 aromatic rings. The van der Waals surface area contributed by atoms with Crippen LogP contribution in [-0.2, 0) is 6.04 Å². The first-order valence-corrected chi connectivity index (χ1v) is 34.3. The van der Waals surface area contributed by atoms with Gasteiger partial charge in [-0.2, -0.15) is 0 Å². The molecule has 0 saturated carbocycles. The molecule has 14 rings (SSSR count). The van der Waals surface area contributed by atoms with E-state index >= 15 is 0 Å². The number of halogens is 2. The van der Waals surface area contributed by atoms with E-state index in [1.807, 2.05) is 24.3 Å². The van der Waals surface area contributed by atoms with Crippen LogP contribution in [0.1, 0.15) is 16.7 Å². The average Bonchev–Trinajstić information content (AvgIpc) is 4.09. The fraction of sp³-hybridized carbons (Fsp3) is 0.111. The average molecular weight is 1080 g/mol. The third-order valence-corrected chi connectivity index (χ3v) is 19.7. The van der Waals surface area contributed by atoms with Crippen LogP contribution in [0.5, 0.6) is 0 Å². The number of rotatable bonds is 11. The zero-order valence-corrected chi connectivity index (χ0v) is 48.0. The van der Waals surface area contributed by atoms with Gasteiger partial charge in [0.15, 0.2) is 11.2 Å². The molecule has 12 aromatic carbocycles. The molecule has 0 amide bonds. The largest absolute Gasteiger partial charge is 0.453 e. The standard InChI is InChI=1S/C72H58F2N2O2Si2/c1-43-40-45(42-79(3)4)20-34-53(43)55-12-8-14-57-59-16-10-18-65(71(59)77-69(55)57)75(50-29-25-48(73)26-30-50)63-38-23-46-22-36-62-64(39-24-47-21-35-61(63)67(46)68(47)62)76(51-31-27-49(74)28-32-51)66-19-11-17-60-58-15-9-13-56(70(58)78-72(60)66)54-37-33-52(41-44(54)2)80(5,6)7/h8-41,79H,42H2,1-7H3. The van der Waals surface area contributed by atoms with E-state index in [1.165, 1.54) is 46.1 Å². The zero-order chi connectivity index (χ0) is 54.7. The van der Waals surface area contributed by atoms with Crippen molar-refractivity contribution < 1.29 is 17.6 Å². The Bertz CT molecular complexity index is 4760. The Balaban J connectivity index is 0.966. The van der Waals surface area contributed by atoms with Crippen molar-refractivity contribution in [2.24, 2.45) is 0 Å². The fourth-order valence-corrected chi connectivity index (χ4v) is 15.0. The molecule has 0 saturated heterocycles. The molecule has 0 aliphatic heterocycles. The second-order valence-electron chi connectivity index (χ2n) is 23.1. The van der Waals surface area contributed by atoms with E-state index < -0.39 is 16.9 Å². The van der Waals surface area contributed by atoms with Crippen molar-refractivity contribution in [1.29, 1.82) is 0 Å². The summed E-state index contributed by atoms with van der Waals surface area (Å²) in [5, 5.41) is 11.8. The summed E-state index contributed by atoms with van der Waals surface area (Å²) >= 11 is 0. The van der Waals surface area contributed by atoms with Gasteiger partial charge < -0.3 is 18.6 Å². The van der Waals surface area contributed by atoms with Crippen LogP contribution in [0, 0.1) is 25.5 Å². The molecular formula is C72H58F2N2O2Si2. The number of hydrogen-bond donors (Lipinski definition) is 0. The highest BCUT2D eigenvalue weighted by Crippen LogP contribution is 2.51. The molecule has 0 bridgehead atoms. The third kappa shape index (κ3) is 8.10. The van der Waals surface area contributed by atoms with Gasteiger partial charge in [0.1, 0.15) is 22.8 Å². The van der Waals surface area contributed by atoms with E-state index in [0.29, 0.717) is 0 Å². The minimum atomic E-state index is -1.54. The van der Waals surface area contributed by atoms with Crippen LogP contribution in [0.3, 0.4) is 0 Å². The van der Waals surface area contributed by atoms with Gasteiger partial charge in [-0.3, -0.25) is 0 Å². The molecular weight excluding hydrogens is 1020 g/mol. The van der Waals surface area contributed by atoms with E-state index in [4.69, 9.17) is 8.83 Å². The summed E-state index contributed by atoms with van der Waals surface area (Å²) in [5.74, 6) is -0.627. The summed E-state index contributed by atoms with van der Waals surface area (Å²) in [7, 11) is -2.33. The third-order valence-electron chi connectivity index (χ3n) is 16.4. The lowest BCUT2D eigenvalue weighted by atomic mass is 9.91. The Hall–Kier alpha value is -8.83. The first kappa shape index (κ1) is 49.5. The van der Waals surface area contributed by atoms with Crippen molar-refractivity contribution in [3.8, 4) is 22.3 Å². The van der Waals surface area contributed by atoms with Crippen LogP contribution in [0.25, 0.3) is 98.4 Å². The zero-order valence-electron chi connectivity index (χ0n) is 45.9. The van der Waals surface area contributed by atoms with E-state index in [1.54, 1.807) is 0 Å². The first-order valence-electron chi connectivity index (χ1n) is 27.7. The van der Waals surface area contributed by atoms with Gasteiger partial charge >= 0.3 is 0 Å². The Labute approximate surface area is 466 Å². The SMILES string of the molecule is Cc1cc(C[SiH](C)C)ccc1-c1cccc2c1oc1c(N(c3ccc(F)cc3)c3ccc4ccc5c(N(c6ccc(F)cc6)c6cccc7c6oc6c(-c8ccc([Si](C)(C)C)cc8C)cccc67)ccc6ccc3c4c65)cccc12. The molecule has 2 heterocycles. The number of furan rings is 2. The number of hydrogen-bond acceptors (Lipinski definition) is 4. The fourth-order valence-electron chi connectivity index (χ4n) is 12.6. The van der Waals surface area contributed by atoms with Gasteiger partial charge in [0.05, 0.1) is 30.8 Å². The molecule has 390 valence electrons. The minimum absolute atomic E-state index is 0.313. The van der Waals surface area contributed by atoms with Gasteiger partial charge in [-0.15, -0.1) is 0 Å². The smallest absolute Gasteiger partial charge is 0.159 e. The van der Waals surface area contributed by atoms with Crippen LogP contribution in [0.4, 0.5) is 42.9 Å². The number of anilines is 6. The minimum Gasteiger partial charge on any atom is -0.453 e. The molecule has 0 N–H and O–H groups in total. The monoisotopic (exact) mass is 1080 g/mol. The van der Waals surface area contributed by atoms with Crippen molar-refractivity contribution >= 4 is 132 Å². The number of benzene rings is 12. The Kier molecular flexibility index (Phi) is 11.7. The predicted molar refractivity (Wildman–Crippen MR) is 340 cm³/mol. The maximum Gasteiger partial charge on any atom is 0.159 e. The Morgan fingerprint density at radius 1 is 0.400 bits per heavy atom. The van der Waals surface area contributed by atoms with Crippen molar-refractivity contribution in [1.82, 2.24) is 0 Å². The first-order chi connectivity index (χ1) is 38.8. The summed E-state index contributed by atoms with van der Waals surface area (Å²) in [4.78, 5) is 4.44. The van der Waals surface area contributed by atoms with Crippen molar-refractivity contribution in [3.05, 3.63) is 235 Å². The topological polar surface area (TPSA) is 32.8 Å². The summed E-state index contributed by atoms with van der Waals surface area (Å²) in [5.41, 5.74) is 16.5. The highest BCUT2D eigenvalue weighted by molar-refractivity contribution is 6.88. The Morgan fingerprint density at radius 3 is 1.26 bits per heavy atom. The van der Waals surface area contributed by atoms with Crippen LogP contribution in [-0.4, -0.2) is 16.9 Å². The highest BCUT2D eigenvalue weighted by atomic mass is 28.3. The molecule has 4 nitrogen and oxygen atoms in total. The van der Waals surface area contributed by atoms with Gasteiger partial charge in [0.25, 0.3) is 0 Å². The van der Waals surface area contributed by atoms with E-state index in [0.717, 1.165) is 139 Å². The maximum atomic E-state index is 15.0. The molecule has 80 heavy (non-hydrogen) atoms. The molecule has 0 aliphatic carbocycles. The van der Waals surface area contributed by atoms with Gasteiger partial charge in [-0.05, 0) is 136 Å². The van der Waals surface area contributed by atoms with Gasteiger partial charge in [0, 0.05) is 63.6 Å². The lowest BCUT2D eigenvalue weighted by Gasteiger charge is -2.29. The normalized spacial score (nSPS) is 12.2. The van der Waals surface area contributed by atoms with E-state index in [9.17, 15) is 8.78 Å². The quantitative estimate of drug-likeness (QED) is 0.0955. The molecule has 0 atom stereocenters. The Morgan fingerprint density at radius 2 is 0.825 bits per heavy atom. The summed E-state index contributed by atoms with van der Waals surface area (Å²) in [6, 6.07) is 71.5. The summed E-state index contributed by atoms with van der Waals surface area (Å²) in [6.07, 6.45) is 0. The maximum absolute atomic E-state index is 15.0. The molecule has 0 radical (unpaired) electrons. The van der Waals surface area contributed by atoms with Crippen LogP contribution >= 0.6 is 0 Å². The number of nitrogens with zero attached hydrogens (tertiary/aromatic N) is 2. The molecule has 0 aliphatic rings. The van der Waals surface area contributed by atoms with Crippen molar-refractivity contribution in [2.45, 2.75) is 52.6 Å². The lowest BCUT2D eigenvalue weighted by Crippen LogP contribution is -2.37. The molecule has 0 fully saturated rings. The lowest BCUT2D eigenvalue weighted by molar-refractivity contribution is 0.627. The van der Waals surface area contributed by atoms with Crippen LogP contribution in [0.2, 0.25) is 32.7 Å². The second-order valence-corrected chi connectivity index (χ2v) is 31.4. The van der Waals surface area contributed by atoms with Gasteiger partial charge in [0.2, 0.25) is 0 Å². The highest BCUT2D eigenvalue weighted by Gasteiger charge is 2.27. The number of para-hydroxylation sites is 4. The van der Waals surface area contributed by atoms with Crippen LogP contribution < -0.4 is 15.0 Å². The van der Waals surface area contributed by atoms with Gasteiger partial charge in [-0.25, -0.2) is 8.78 Å². The molecule has 0 unspecified atom stereocenters. The summed E-state index contributed by atoms with van der Waals surface area (Å²) in [6.45, 7) is 16.3. The molecule has 2 aromatic heterocycles. The second kappa shape index (κ2) is 18.9. The number of aryl methyl sites for hydroxylation is 2. The van der Waals surface area contributed by atoms with Crippen molar-refractivity contribution in [3.63, 3.8) is 0 Å². The summed E-state index contributed by atoms with van der Waals surface area (Å²) < 4.78 is 44.3. The van der Waals surface area contributed by atoms with E-state index in [-0.39, 0.29) is 11.6 Å². The number of fused-ring (bicyclic) bond motifs is 6. The predicted octanol–water partition coefficient (Wildman–Crippen LogP) is 20.7. The molecule has 8 heteroatoms. The van der Waals surface area contributed by atoms with Crippen LogP contribution in [0.15, 0.2) is 215 Å². The molecule has 0 spiro atoms. The van der Waals surface area contributed by atoms with Gasteiger partial charge in [-0.1, -0.05) is 177 Å². The van der Waals surface area contributed by atoms with Crippen molar-refractivity contribution in [2.75, 3.05) is 9.80 Å². The van der Waals surface area contributed by atoms with E-state index in [2.05, 4.69) is 214 Å².